The maximum atomic E-state index is 15.9. The largest absolute Gasteiger partial charge is 0.366 e. The summed E-state index contributed by atoms with van der Waals surface area (Å²) in [6, 6.07) is 24.2. The fraction of sp³-hybridized carbons (Fsp3) is 0.160. The number of halogens is 2. The Morgan fingerprint density at radius 3 is 2.03 bits per heavy atom. The van der Waals surface area contributed by atoms with Gasteiger partial charge in [-0.3, -0.25) is 4.79 Å². The zero-order valence-electron chi connectivity index (χ0n) is 16.1. The summed E-state index contributed by atoms with van der Waals surface area (Å²) in [7, 11) is 0. The number of benzene rings is 3. The third kappa shape index (κ3) is 3.36. The molecule has 152 valence electrons. The summed E-state index contributed by atoms with van der Waals surface area (Å²) in [5, 5.41) is 0. The second-order valence-corrected chi connectivity index (χ2v) is 7.11. The highest BCUT2D eigenvalue weighted by Crippen LogP contribution is 2.51. The van der Waals surface area contributed by atoms with Crippen LogP contribution in [-0.4, -0.2) is 18.3 Å². The number of ketones is 1. The zero-order valence-corrected chi connectivity index (χ0v) is 16.1. The summed E-state index contributed by atoms with van der Waals surface area (Å²) in [4.78, 5) is 12.9. The van der Waals surface area contributed by atoms with E-state index in [2.05, 4.69) is 6.58 Å². The van der Waals surface area contributed by atoms with Gasteiger partial charge in [0.2, 0.25) is 5.78 Å². The Morgan fingerprint density at radius 2 is 1.43 bits per heavy atom. The maximum absolute atomic E-state index is 15.9. The zero-order chi connectivity index (χ0) is 21.2. The van der Waals surface area contributed by atoms with E-state index in [1.807, 2.05) is 6.07 Å². The van der Waals surface area contributed by atoms with E-state index in [1.54, 1.807) is 48.5 Å². The van der Waals surface area contributed by atoms with Gasteiger partial charge >= 0.3 is 5.92 Å². The molecule has 5 heteroatoms. The average Bonchev–Trinajstić information content (AvgIpc) is 2.80. The normalized spacial score (nSPS) is 21.9. The van der Waals surface area contributed by atoms with Gasteiger partial charge < -0.3 is 9.47 Å². The molecule has 3 nitrogen and oxygen atoms in total. The van der Waals surface area contributed by atoms with Crippen LogP contribution in [0.15, 0.2) is 103 Å². The number of alkyl halides is 2. The van der Waals surface area contributed by atoms with Gasteiger partial charge in [0.15, 0.2) is 0 Å². The van der Waals surface area contributed by atoms with Gasteiger partial charge in [-0.15, -0.1) is 0 Å². The van der Waals surface area contributed by atoms with Crippen LogP contribution in [0.5, 0.6) is 0 Å². The summed E-state index contributed by atoms with van der Waals surface area (Å²) in [6.45, 7) is 3.76. The van der Waals surface area contributed by atoms with Crippen molar-refractivity contribution in [2.45, 2.75) is 17.8 Å². The number of carbonyl (C=O) groups excluding carboxylic acids is 1. The molecule has 1 aliphatic rings. The number of hydrogen-bond donors (Lipinski definition) is 0. The standard InChI is InChI=1S/C25H20F2O3/c1-18-17-29-25(21-15-9-4-10-16-21,30-22(18)19-11-5-2-6-12-19)24(26,27)23(28)20-13-7-3-8-14-20/h2-16,22H,1,17H2/t22-,25+/m1/s1. The molecule has 0 N–H and O–H groups in total. The van der Waals surface area contributed by atoms with Gasteiger partial charge in [-0.05, 0) is 11.1 Å². The Bertz CT molecular complexity index is 1040. The predicted octanol–water partition coefficient (Wildman–Crippen LogP) is 5.70. The molecule has 0 saturated carbocycles. The first-order valence-corrected chi connectivity index (χ1v) is 9.53. The van der Waals surface area contributed by atoms with Crippen LogP contribution in [0.4, 0.5) is 8.78 Å². The predicted molar refractivity (Wildman–Crippen MR) is 109 cm³/mol. The maximum Gasteiger partial charge on any atom is 0.366 e. The lowest BCUT2D eigenvalue weighted by atomic mass is 9.90. The molecule has 30 heavy (non-hydrogen) atoms. The summed E-state index contributed by atoms with van der Waals surface area (Å²) in [5.74, 6) is -7.96. The van der Waals surface area contributed by atoms with E-state index in [0.29, 0.717) is 11.1 Å². The van der Waals surface area contributed by atoms with Gasteiger partial charge in [-0.25, -0.2) is 0 Å². The second kappa shape index (κ2) is 7.94. The van der Waals surface area contributed by atoms with Crippen LogP contribution >= 0.6 is 0 Å². The van der Waals surface area contributed by atoms with Gasteiger partial charge in [0.05, 0.1) is 6.61 Å². The molecule has 1 fully saturated rings. The molecule has 3 aromatic rings. The summed E-state index contributed by atoms with van der Waals surface area (Å²) < 4.78 is 43.4. The molecule has 0 aliphatic carbocycles. The van der Waals surface area contributed by atoms with Crippen LogP contribution in [0.25, 0.3) is 0 Å². The molecule has 0 radical (unpaired) electrons. The molecule has 0 aromatic heterocycles. The summed E-state index contributed by atoms with van der Waals surface area (Å²) in [5.41, 5.74) is 1.10. The SMILES string of the molecule is C=C1CO[C@](c2ccccc2)(C(F)(F)C(=O)c2ccccc2)O[C@H]1c1ccccc1. The van der Waals surface area contributed by atoms with Crippen molar-refractivity contribution in [2.24, 2.45) is 0 Å². The Hall–Kier alpha value is -3.15. The lowest BCUT2D eigenvalue weighted by molar-refractivity contribution is -0.357. The molecule has 0 amide bonds. The van der Waals surface area contributed by atoms with Crippen LogP contribution in [0.1, 0.15) is 27.6 Å². The first-order valence-electron chi connectivity index (χ1n) is 9.53. The molecular weight excluding hydrogens is 386 g/mol. The van der Waals surface area contributed by atoms with Crippen molar-refractivity contribution in [1.82, 2.24) is 0 Å². The minimum Gasteiger partial charge on any atom is -0.336 e. The smallest absolute Gasteiger partial charge is 0.336 e. The van der Waals surface area contributed by atoms with Gasteiger partial charge in [0, 0.05) is 11.1 Å². The second-order valence-electron chi connectivity index (χ2n) is 7.11. The van der Waals surface area contributed by atoms with Crippen molar-refractivity contribution in [2.75, 3.05) is 6.61 Å². The van der Waals surface area contributed by atoms with Crippen LogP contribution in [0, 0.1) is 0 Å². The van der Waals surface area contributed by atoms with Crippen molar-refractivity contribution < 1.29 is 23.0 Å². The minimum atomic E-state index is -4.00. The third-order valence-corrected chi connectivity index (χ3v) is 5.11. The molecule has 1 heterocycles. The molecule has 4 rings (SSSR count). The lowest BCUT2D eigenvalue weighted by Gasteiger charge is -2.45. The van der Waals surface area contributed by atoms with Crippen molar-refractivity contribution >= 4 is 5.78 Å². The Balaban J connectivity index is 1.84. The third-order valence-electron chi connectivity index (χ3n) is 5.11. The Kier molecular flexibility index (Phi) is 5.33. The van der Waals surface area contributed by atoms with E-state index in [-0.39, 0.29) is 17.7 Å². The highest BCUT2D eigenvalue weighted by molar-refractivity contribution is 6.02. The minimum absolute atomic E-state index is 0.0627. The monoisotopic (exact) mass is 406 g/mol. The van der Waals surface area contributed by atoms with E-state index in [1.165, 1.54) is 36.4 Å². The Labute approximate surface area is 173 Å². The molecule has 0 bridgehead atoms. The highest BCUT2D eigenvalue weighted by Gasteiger charge is 2.65. The molecule has 1 saturated heterocycles. The van der Waals surface area contributed by atoms with E-state index in [9.17, 15) is 4.79 Å². The number of hydrogen-bond acceptors (Lipinski definition) is 3. The molecule has 3 aromatic carbocycles. The van der Waals surface area contributed by atoms with E-state index >= 15 is 8.78 Å². The topological polar surface area (TPSA) is 35.5 Å². The fourth-order valence-electron chi connectivity index (χ4n) is 3.56. The van der Waals surface area contributed by atoms with E-state index in [0.717, 1.165) is 0 Å². The van der Waals surface area contributed by atoms with Crippen molar-refractivity contribution in [3.05, 3.63) is 120 Å². The molecule has 0 unspecified atom stereocenters. The molecule has 2 atom stereocenters. The van der Waals surface area contributed by atoms with Crippen LogP contribution < -0.4 is 0 Å². The van der Waals surface area contributed by atoms with Crippen LogP contribution in [0.3, 0.4) is 0 Å². The van der Waals surface area contributed by atoms with Crippen LogP contribution in [0.2, 0.25) is 0 Å². The number of rotatable bonds is 5. The van der Waals surface area contributed by atoms with Gasteiger partial charge in [-0.2, -0.15) is 8.78 Å². The summed E-state index contributed by atoms with van der Waals surface area (Å²) in [6.07, 6.45) is -0.852. The van der Waals surface area contributed by atoms with Gasteiger partial charge in [0.1, 0.15) is 6.10 Å². The number of Topliss-reactive ketones (excluding diaryl/α,β-unsaturated/α-hetero) is 1. The average molecular weight is 406 g/mol. The Morgan fingerprint density at radius 1 is 0.900 bits per heavy atom. The lowest BCUT2D eigenvalue weighted by Crippen LogP contribution is -2.57. The van der Waals surface area contributed by atoms with Crippen molar-refractivity contribution in [3.63, 3.8) is 0 Å². The number of carbonyl (C=O) groups is 1. The van der Waals surface area contributed by atoms with E-state index in [4.69, 9.17) is 9.47 Å². The molecule has 0 spiro atoms. The van der Waals surface area contributed by atoms with Crippen LogP contribution in [-0.2, 0) is 15.3 Å². The highest BCUT2D eigenvalue weighted by atomic mass is 19.3. The van der Waals surface area contributed by atoms with Gasteiger partial charge in [-0.1, -0.05) is 97.6 Å². The first kappa shape index (κ1) is 20.1. The first-order chi connectivity index (χ1) is 14.5. The van der Waals surface area contributed by atoms with Gasteiger partial charge in [0.25, 0.3) is 5.79 Å². The van der Waals surface area contributed by atoms with Crippen molar-refractivity contribution in [1.29, 1.82) is 0 Å². The fourth-order valence-corrected chi connectivity index (χ4v) is 3.56. The van der Waals surface area contributed by atoms with E-state index < -0.39 is 23.6 Å². The number of ether oxygens (including phenoxy) is 2. The quantitative estimate of drug-likeness (QED) is 0.403. The molecular formula is C25H20F2O3. The van der Waals surface area contributed by atoms with Crippen molar-refractivity contribution in [3.8, 4) is 0 Å². The summed E-state index contributed by atoms with van der Waals surface area (Å²) >= 11 is 0. The molecule has 1 aliphatic heterocycles.